The molecule has 0 aromatic heterocycles. The van der Waals surface area contributed by atoms with Crippen molar-refractivity contribution in [3.8, 4) is 11.5 Å². The summed E-state index contributed by atoms with van der Waals surface area (Å²) in [4.78, 5) is 0. The Balaban J connectivity index is 1.58. The zero-order valence-corrected chi connectivity index (χ0v) is 16.4. The molecule has 2 atom stereocenters. The van der Waals surface area contributed by atoms with Crippen molar-refractivity contribution in [2.24, 2.45) is 5.10 Å². The monoisotopic (exact) mass is 408 g/mol. The summed E-state index contributed by atoms with van der Waals surface area (Å²) in [7, 11) is 1.64. The lowest BCUT2D eigenvalue weighted by atomic mass is 9.96. The third-order valence-electron chi connectivity index (χ3n) is 5.33. The fourth-order valence-electron chi connectivity index (χ4n) is 3.86. The lowest BCUT2D eigenvalue weighted by molar-refractivity contribution is -0.0190. The molecule has 0 radical (unpaired) electrons. The van der Waals surface area contributed by atoms with Gasteiger partial charge < -0.3 is 9.47 Å². The first-order valence-corrected chi connectivity index (χ1v) is 9.72. The molecule has 0 bridgehead atoms. The molecule has 5 rings (SSSR count). The molecule has 2 aliphatic rings. The van der Waals surface area contributed by atoms with Gasteiger partial charge in [0, 0.05) is 22.6 Å². The lowest BCUT2D eigenvalue weighted by Crippen LogP contribution is -2.33. The topological polar surface area (TPSA) is 34.1 Å². The standard InChI is InChI=1S/C23H18ClFN2O2/c1-28-18-9-4-15(5-10-18)23-27-21(19-12-16(24)6-11-22(19)29-23)13-20(26-27)14-2-7-17(25)8-3-14/h2-12,21,23H,13H2,1H3/t21-,23+/m1/s1. The largest absolute Gasteiger partial charge is 0.497 e. The summed E-state index contributed by atoms with van der Waals surface area (Å²) in [5.41, 5.74) is 3.77. The summed E-state index contributed by atoms with van der Waals surface area (Å²) in [5.74, 6) is 1.32. The van der Waals surface area contributed by atoms with Crippen LogP contribution < -0.4 is 9.47 Å². The van der Waals surface area contributed by atoms with Crippen LogP contribution in [0.5, 0.6) is 11.5 Å². The number of benzene rings is 3. The first kappa shape index (κ1) is 18.0. The smallest absolute Gasteiger partial charge is 0.213 e. The quantitative estimate of drug-likeness (QED) is 0.555. The molecular weight excluding hydrogens is 391 g/mol. The molecule has 6 heteroatoms. The van der Waals surface area contributed by atoms with Crippen LogP contribution in [-0.4, -0.2) is 17.8 Å². The van der Waals surface area contributed by atoms with Gasteiger partial charge in [0.05, 0.1) is 18.9 Å². The predicted molar refractivity (Wildman–Crippen MR) is 110 cm³/mol. The summed E-state index contributed by atoms with van der Waals surface area (Å²) in [5, 5.41) is 7.50. The molecular formula is C23H18ClFN2O2. The Morgan fingerprint density at radius 2 is 1.83 bits per heavy atom. The Labute approximate surface area is 173 Å². The van der Waals surface area contributed by atoms with Gasteiger partial charge in [0.2, 0.25) is 6.23 Å². The fraction of sp³-hybridized carbons (Fsp3) is 0.174. The van der Waals surface area contributed by atoms with E-state index in [9.17, 15) is 4.39 Å². The highest BCUT2D eigenvalue weighted by atomic mass is 35.5. The first-order chi connectivity index (χ1) is 14.1. The van der Waals surface area contributed by atoms with E-state index in [0.717, 1.165) is 33.9 Å². The van der Waals surface area contributed by atoms with Crippen LogP contribution in [0.3, 0.4) is 0 Å². The maximum atomic E-state index is 13.4. The molecule has 0 unspecified atom stereocenters. The van der Waals surface area contributed by atoms with Crippen molar-refractivity contribution >= 4 is 17.3 Å². The molecule has 29 heavy (non-hydrogen) atoms. The van der Waals surface area contributed by atoms with Crippen LogP contribution in [-0.2, 0) is 0 Å². The number of ether oxygens (including phenoxy) is 2. The van der Waals surface area contributed by atoms with Gasteiger partial charge in [-0.3, -0.25) is 0 Å². The van der Waals surface area contributed by atoms with E-state index in [4.69, 9.17) is 26.2 Å². The van der Waals surface area contributed by atoms with Crippen molar-refractivity contribution in [3.05, 3.63) is 94.3 Å². The lowest BCUT2D eigenvalue weighted by Gasteiger charge is -2.38. The van der Waals surface area contributed by atoms with Crippen molar-refractivity contribution < 1.29 is 13.9 Å². The third-order valence-corrected chi connectivity index (χ3v) is 5.57. The van der Waals surface area contributed by atoms with Gasteiger partial charge in [-0.15, -0.1) is 0 Å². The number of methoxy groups -OCH3 is 1. The van der Waals surface area contributed by atoms with Gasteiger partial charge in [-0.2, -0.15) is 5.10 Å². The van der Waals surface area contributed by atoms with Crippen molar-refractivity contribution in [3.63, 3.8) is 0 Å². The summed E-state index contributed by atoms with van der Waals surface area (Å²) >= 11 is 6.26. The second-order valence-corrected chi connectivity index (χ2v) is 7.52. The SMILES string of the molecule is COc1ccc([C@@H]2Oc3ccc(Cl)cc3[C@H]3CC(c4ccc(F)cc4)=NN32)cc1. The Kier molecular flexibility index (Phi) is 4.40. The van der Waals surface area contributed by atoms with Crippen molar-refractivity contribution in [1.29, 1.82) is 0 Å². The molecule has 0 fully saturated rings. The van der Waals surface area contributed by atoms with E-state index in [1.165, 1.54) is 12.1 Å². The predicted octanol–water partition coefficient (Wildman–Crippen LogP) is 5.73. The second kappa shape index (κ2) is 7.08. The van der Waals surface area contributed by atoms with Crippen LogP contribution in [0.15, 0.2) is 71.8 Å². The Hall–Kier alpha value is -3.05. The van der Waals surface area contributed by atoms with Crippen molar-refractivity contribution in [2.45, 2.75) is 18.7 Å². The number of nitrogens with zero attached hydrogens (tertiary/aromatic N) is 2. The minimum absolute atomic E-state index is 0.00963. The Bertz CT molecular complexity index is 1080. The number of hydrogen-bond acceptors (Lipinski definition) is 4. The van der Waals surface area contributed by atoms with E-state index in [2.05, 4.69) is 0 Å². The average Bonchev–Trinajstić information content (AvgIpc) is 3.20. The van der Waals surface area contributed by atoms with Gasteiger partial charge in [0.25, 0.3) is 0 Å². The highest BCUT2D eigenvalue weighted by molar-refractivity contribution is 6.30. The molecule has 3 aromatic rings. The molecule has 146 valence electrons. The van der Waals surface area contributed by atoms with E-state index in [1.54, 1.807) is 19.2 Å². The van der Waals surface area contributed by atoms with Crippen LogP contribution in [0.2, 0.25) is 5.02 Å². The highest BCUT2D eigenvalue weighted by Crippen LogP contribution is 2.48. The first-order valence-electron chi connectivity index (χ1n) is 9.34. The van der Waals surface area contributed by atoms with Crippen LogP contribution >= 0.6 is 11.6 Å². The zero-order chi connectivity index (χ0) is 20.0. The van der Waals surface area contributed by atoms with E-state index in [1.807, 2.05) is 47.5 Å². The van der Waals surface area contributed by atoms with E-state index < -0.39 is 0 Å². The molecule has 0 saturated heterocycles. The number of hydrogen-bond donors (Lipinski definition) is 0. The van der Waals surface area contributed by atoms with E-state index in [0.29, 0.717) is 11.4 Å². The van der Waals surface area contributed by atoms with Gasteiger partial charge >= 0.3 is 0 Å². The van der Waals surface area contributed by atoms with Gasteiger partial charge in [-0.05, 0) is 60.2 Å². The maximum absolute atomic E-state index is 13.4. The Morgan fingerprint density at radius 3 is 2.55 bits per heavy atom. The molecule has 0 spiro atoms. The summed E-state index contributed by atoms with van der Waals surface area (Å²) in [6.45, 7) is 0. The summed E-state index contributed by atoms with van der Waals surface area (Å²) < 4.78 is 25.0. The van der Waals surface area contributed by atoms with Gasteiger partial charge in [0.15, 0.2) is 0 Å². The summed E-state index contributed by atoms with van der Waals surface area (Å²) in [6, 6.07) is 19.9. The molecule has 2 heterocycles. The van der Waals surface area contributed by atoms with Crippen molar-refractivity contribution in [1.82, 2.24) is 5.01 Å². The third kappa shape index (κ3) is 3.21. The summed E-state index contributed by atoms with van der Waals surface area (Å²) in [6.07, 6.45) is 0.312. The number of halogens is 2. The molecule has 0 N–H and O–H groups in total. The van der Waals surface area contributed by atoms with Gasteiger partial charge in [0.1, 0.15) is 17.3 Å². The number of hydrazone groups is 1. The average molecular weight is 409 g/mol. The van der Waals surface area contributed by atoms with Crippen molar-refractivity contribution in [2.75, 3.05) is 7.11 Å². The minimum Gasteiger partial charge on any atom is -0.497 e. The van der Waals surface area contributed by atoms with E-state index >= 15 is 0 Å². The van der Waals surface area contributed by atoms with Crippen LogP contribution in [0.4, 0.5) is 4.39 Å². The van der Waals surface area contributed by atoms with Crippen LogP contribution in [0.25, 0.3) is 0 Å². The van der Waals surface area contributed by atoms with Crippen LogP contribution in [0.1, 0.15) is 35.4 Å². The fourth-order valence-corrected chi connectivity index (χ4v) is 4.04. The Morgan fingerprint density at radius 1 is 1.07 bits per heavy atom. The van der Waals surface area contributed by atoms with Gasteiger partial charge in [-0.25, -0.2) is 9.40 Å². The molecule has 4 nitrogen and oxygen atoms in total. The molecule has 0 amide bonds. The molecule has 2 aliphatic heterocycles. The van der Waals surface area contributed by atoms with Crippen LogP contribution in [0, 0.1) is 5.82 Å². The molecule has 3 aromatic carbocycles. The molecule has 0 saturated carbocycles. The zero-order valence-electron chi connectivity index (χ0n) is 15.7. The van der Waals surface area contributed by atoms with E-state index in [-0.39, 0.29) is 18.1 Å². The van der Waals surface area contributed by atoms with Gasteiger partial charge in [-0.1, -0.05) is 23.7 Å². The second-order valence-electron chi connectivity index (χ2n) is 7.08. The molecule has 0 aliphatic carbocycles. The minimum atomic E-state index is -0.377. The number of rotatable bonds is 3. The number of fused-ring (bicyclic) bond motifs is 3. The normalized spacial score (nSPS) is 19.8. The highest BCUT2D eigenvalue weighted by Gasteiger charge is 2.41. The maximum Gasteiger partial charge on any atom is 0.213 e.